The Hall–Kier alpha value is -3.15. The molecule has 0 bridgehead atoms. The molecule has 2 aromatic carbocycles. The van der Waals surface area contributed by atoms with Gasteiger partial charge in [-0.25, -0.2) is 0 Å². The third-order valence-corrected chi connectivity index (χ3v) is 3.38. The second-order valence-electron chi connectivity index (χ2n) is 4.86. The van der Waals surface area contributed by atoms with Gasteiger partial charge < -0.3 is 24.4 Å². The Morgan fingerprint density at radius 2 is 1.71 bits per heavy atom. The van der Waals surface area contributed by atoms with Gasteiger partial charge in [-0.2, -0.15) is 0 Å². The highest BCUT2D eigenvalue weighted by Crippen LogP contribution is 2.37. The molecule has 0 atom stereocenters. The monoisotopic (exact) mass is 330 g/mol. The van der Waals surface area contributed by atoms with Gasteiger partial charge in [0.05, 0.1) is 26.9 Å². The minimum Gasteiger partial charge on any atom is -0.507 e. The Bertz CT molecular complexity index is 779. The molecule has 0 aromatic heterocycles. The van der Waals surface area contributed by atoms with E-state index in [1.54, 1.807) is 12.1 Å². The minimum absolute atomic E-state index is 0.101. The molecule has 0 heterocycles. The summed E-state index contributed by atoms with van der Waals surface area (Å²) >= 11 is 0. The predicted octanol–water partition coefficient (Wildman–Crippen LogP) is 3.02. The van der Waals surface area contributed by atoms with Crippen molar-refractivity contribution in [2.24, 2.45) is 0 Å². The maximum atomic E-state index is 12.2. The van der Waals surface area contributed by atoms with Crippen LogP contribution in [0, 0.1) is 0 Å². The Kier molecular flexibility index (Phi) is 5.31. The summed E-state index contributed by atoms with van der Waals surface area (Å²) in [6.07, 6.45) is 2.80. The number of allylic oxidation sites excluding steroid dienone is 1. The van der Waals surface area contributed by atoms with Crippen LogP contribution >= 0.6 is 0 Å². The minimum atomic E-state index is -0.385. The van der Waals surface area contributed by atoms with Gasteiger partial charge in [0.2, 0.25) is 5.75 Å². The lowest BCUT2D eigenvalue weighted by molar-refractivity contribution is 0.104. The van der Waals surface area contributed by atoms with E-state index in [2.05, 4.69) is 0 Å². The van der Waals surface area contributed by atoms with E-state index in [4.69, 9.17) is 14.2 Å². The van der Waals surface area contributed by atoms with Gasteiger partial charge in [0.15, 0.2) is 17.3 Å². The van der Waals surface area contributed by atoms with Gasteiger partial charge in [-0.3, -0.25) is 4.79 Å². The van der Waals surface area contributed by atoms with Crippen molar-refractivity contribution in [3.8, 4) is 28.7 Å². The number of methoxy groups -OCH3 is 3. The summed E-state index contributed by atoms with van der Waals surface area (Å²) in [6.45, 7) is 0. The molecule has 0 aliphatic carbocycles. The average molecular weight is 330 g/mol. The molecule has 6 nitrogen and oxygen atoms in total. The number of phenolic OH excluding ortho intramolecular Hbond substituents is 2. The van der Waals surface area contributed by atoms with Gasteiger partial charge in [-0.15, -0.1) is 0 Å². The van der Waals surface area contributed by atoms with E-state index >= 15 is 0 Å². The maximum Gasteiger partial charge on any atom is 0.203 e. The SMILES string of the molecule is COc1ccc(C(=O)/C=C/c2cc(O)c(OC)c(OC)c2)c(O)c1. The topological polar surface area (TPSA) is 85.2 Å². The van der Waals surface area contributed by atoms with Crippen LogP contribution in [0.2, 0.25) is 0 Å². The Balaban J connectivity index is 2.27. The number of hydrogen-bond acceptors (Lipinski definition) is 6. The summed E-state index contributed by atoms with van der Waals surface area (Å²) in [5.41, 5.74) is 0.697. The number of phenols is 2. The van der Waals surface area contributed by atoms with Crippen LogP contribution in [0.1, 0.15) is 15.9 Å². The predicted molar refractivity (Wildman–Crippen MR) is 89.2 cm³/mol. The number of hydrogen-bond donors (Lipinski definition) is 2. The van der Waals surface area contributed by atoms with Crippen molar-refractivity contribution in [2.45, 2.75) is 0 Å². The lowest BCUT2D eigenvalue weighted by Crippen LogP contribution is -1.96. The lowest BCUT2D eigenvalue weighted by Gasteiger charge is -2.10. The van der Waals surface area contributed by atoms with Crippen LogP contribution in [0.4, 0.5) is 0 Å². The van der Waals surface area contributed by atoms with Gasteiger partial charge in [-0.1, -0.05) is 6.08 Å². The molecule has 0 saturated heterocycles. The lowest BCUT2D eigenvalue weighted by atomic mass is 10.1. The highest BCUT2D eigenvalue weighted by molar-refractivity contribution is 6.08. The van der Waals surface area contributed by atoms with E-state index in [1.165, 1.54) is 51.7 Å². The summed E-state index contributed by atoms with van der Waals surface area (Å²) in [5.74, 6) is 0.364. The molecular weight excluding hydrogens is 312 g/mol. The first-order valence-corrected chi connectivity index (χ1v) is 7.04. The van der Waals surface area contributed by atoms with E-state index in [1.807, 2.05) is 0 Å². The number of carbonyl (C=O) groups excluding carboxylic acids is 1. The van der Waals surface area contributed by atoms with Gasteiger partial charge in [0.25, 0.3) is 0 Å². The molecule has 24 heavy (non-hydrogen) atoms. The number of carbonyl (C=O) groups is 1. The second kappa shape index (κ2) is 7.41. The zero-order valence-electron chi connectivity index (χ0n) is 13.6. The van der Waals surface area contributed by atoms with Crippen molar-refractivity contribution >= 4 is 11.9 Å². The van der Waals surface area contributed by atoms with Crippen LogP contribution in [-0.2, 0) is 0 Å². The van der Waals surface area contributed by atoms with Crippen molar-refractivity contribution in [3.05, 3.63) is 47.5 Å². The molecule has 126 valence electrons. The normalized spacial score (nSPS) is 10.6. The van der Waals surface area contributed by atoms with E-state index in [0.717, 1.165) is 0 Å². The van der Waals surface area contributed by atoms with Crippen LogP contribution in [0.25, 0.3) is 6.08 Å². The molecule has 2 aromatic rings. The molecule has 0 spiro atoms. The number of aromatic hydroxyl groups is 2. The molecule has 0 fully saturated rings. The van der Waals surface area contributed by atoms with Crippen LogP contribution in [0.5, 0.6) is 28.7 Å². The van der Waals surface area contributed by atoms with Crippen LogP contribution in [-0.4, -0.2) is 37.3 Å². The van der Waals surface area contributed by atoms with Crippen molar-refractivity contribution in [1.29, 1.82) is 0 Å². The van der Waals surface area contributed by atoms with Gasteiger partial charge in [-0.05, 0) is 35.9 Å². The molecule has 0 unspecified atom stereocenters. The number of benzene rings is 2. The fraction of sp³-hybridized carbons (Fsp3) is 0.167. The third kappa shape index (κ3) is 3.60. The molecule has 2 N–H and O–H groups in total. The highest BCUT2D eigenvalue weighted by atomic mass is 16.5. The number of ketones is 1. The van der Waals surface area contributed by atoms with Crippen molar-refractivity contribution in [1.82, 2.24) is 0 Å². The molecule has 6 heteroatoms. The van der Waals surface area contributed by atoms with Gasteiger partial charge in [0.1, 0.15) is 11.5 Å². The summed E-state index contributed by atoms with van der Waals surface area (Å²) in [6, 6.07) is 7.49. The fourth-order valence-corrected chi connectivity index (χ4v) is 2.17. The Labute approximate surface area is 139 Å². The molecular formula is C18H18O6. The zero-order chi connectivity index (χ0) is 17.7. The van der Waals surface area contributed by atoms with Crippen molar-refractivity contribution in [3.63, 3.8) is 0 Å². The Morgan fingerprint density at radius 3 is 2.29 bits per heavy atom. The van der Waals surface area contributed by atoms with Gasteiger partial charge >= 0.3 is 0 Å². The van der Waals surface area contributed by atoms with Gasteiger partial charge in [0, 0.05) is 6.07 Å². The summed E-state index contributed by atoms with van der Waals surface area (Å²) in [7, 11) is 4.34. The average Bonchev–Trinajstić information content (AvgIpc) is 2.58. The first-order valence-electron chi connectivity index (χ1n) is 7.04. The van der Waals surface area contributed by atoms with E-state index in [-0.39, 0.29) is 28.6 Å². The first kappa shape index (κ1) is 17.2. The molecule has 2 rings (SSSR count). The van der Waals surface area contributed by atoms with E-state index < -0.39 is 0 Å². The fourth-order valence-electron chi connectivity index (χ4n) is 2.17. The van der Waals surface area contributed by atoms with E-state index in [0.29, 0.717) is 17.1 Å². The van der Waals surface area contributed by atoms with Crippen molar-refractivity contribution < 1.29 is 29.2 Å². The number of rotatable bonds is 6. The van der Waals surface area contributed by atoms with Crippen LogP contribution in [0.15, 0.2) is 36.4 Å². The van der Waals surface area contributed by atoms with Crippen LogP contribution in [0.3, 0.4) is 0 Å². The molecule has 0 amide bonds. The highest BCUT2D eigenvalue weighted by Gasteiger charge is 2.12. The summed E-state index contributed by atoms with van der Waals surface area (Å²) < 4.78 is 15.2. The quantitative estimate of drug-likeness (QED) is 0.625. The standard InChI is InChI=1S/C18H18O6/c1-22-12-5-6-13(15(20)10-12)14(19)7-4-11-8-16(21)18(24-3)17(9-11)23-2/h4-10,20-21H,1-3H3/b7-4+. The largest absolute Gasteiger partial charge is 0.507 e. The second-order valence-corrected chi connectivity index (χ2v) is 4.86. The van der Waals surface area contributed by atoms with E-state index in [9.17, 15) is 15.0 Å². The summed E-state index contributed by atoms with van der Waals surface area (Å²) in [4.78, 5) is 12.2. The smallest absolute Gasteiger partial charge is 0.203 e. The third-order valence-electron chi connectivity index (χ3n) is 3.38. The first-order chi connectivity index (χ1) is 11.5. The van der Waals surface area contributed by atoms with Crippen molar-refractivity contribution in [2.75, 3.05) is 21.3 Å². The Morgan fingerprint density at radius 1 is 0.958 bits per heavy atom. The number of ether oxygens (including phenoxy) is 3. The zero-order valence-corrected chi connectivity index (χ0v) is 13.6. The maximum absolute atomic E-state index is 12.2. The molecule has 0 aliphatic heterocycles. The molecule has 0 radical (unpaired) electrons. The molecule has 0 aliphatic rings. The van der Waals surface area contributed by atoms with Crippen LogP contribution < -0.4 is 14.2 Å². The summed E-state index contributed by atoms with van der Waals surface area (Å²) in [5, 5.41) is 19.8. The molecule has 0 saturated carbocycles.